The van der Waals surface area contributed by atoms with Crippen LogP contribution < -0.4 is 10.2 Å². The molecule has 116 valence electrons. The van der Waals surface area contributed by atoms with E-state index in [0.717, 1.165) is 43.6 Å². The van der Waals surface area contributed by atoms with Crippen molar-refractivity contribution in [3.8, 4) is 0 Å². The standard InChI is InChI=1S/C15H24N4OS/c1-3-16-9-13-14(17-15-19(13)6-8-21-15)18(2)10-12-5-4-7-20-11-12/h6,8,12,16H,3-5,7,9-11H2,1-2H3. The molecule has 2 aromatic rings. The molecule has 0 radical (unpaired) electrons. The third-order valence-electron chi connectivity index (χ3n) is 4.03. The number of rotatable bonds is 6. The van der Waals surface area contributed by atoms with E-state index >= 15 is 0 Å². The van der Waals surface area contributed by atoms with Crippen molar-refractivity contribution in [1.82, 2.24) is 14.7 Å². The molecule has 1 aliphatic rings. The second kappa shape index (κ2) is 6.77. The van der Waals surface area contributed by atoms with Gasteiger partial charge in [0, 0.05) is 38.3 Å². The number of nitrogens with one attached hydrogen (secondary N) is 1. The number of aromatic nitrogens is 2. The normalized spacial score (nSPS) is 19.2. The summed E-state index contributed by atoms with van der Waals surface area (Å²) in [6, 6.07) is 0. The van der Waals surface area contributed by atoms with Crippen molar-refractivity contribution in [3.63, 3.8) is 0 Å². The molecule has 1 fully saturated rings. The number of thiazole rings is 1. The van der Waals surface area contributed by atoms with E-state index in [4.69, 9.17) is 9.72 Å². The smallest absolute Gasteiger partial charge is 0.195 e. The van der Waals surface area contributed by atoms with Crippen LogP contribution in [0.1, 0.15) is 25.5 Å². The van der Waals surface area contributed by atoms with Crippen LogP contribution in [0.25, 0.3) is 4.96 Å². The fourth-order valence-electron chi connectivity index (χ4n) is 2.96. The van der Waals surface area contributed by atoms with Crippen molar-refractivity contribution in [2.45, 2.75) is 26.3 Å². The van der Waals surface area contributed by atoms with Gasteiger partial charge in [-0.1, -0.05) is 6.92 Å². The Bertz CT molecular complexity index is 573. The number of imidazole rings is 1. The Morgan fingerprint density at radius 1 is 1.57 bits per heavy atom. The quantitative estimate of drug-likeness (QED) is 0.889. The molecule has 3 rings (SSSR count). The first-order valence-electron chi connectivity index (χ1n) is 7.73. The van der Waals surface area contributed by atoms with Crippen LogP contribution in [-0.4, -0.2) is 42.7 Å². The largest absolute Gasteiger partial charge is 0.381 e. The Morgan fingerprint density at radius 3 is 3.24 bits per heavy atom. The second-order valence-corrected chi connectivity index (χ2v) is 6.55. The first-order chi connectivity index (χ1) is 10.3. The molecule has 0 aliphatic carbocycles. The van der Waals surface area contributed by atoms with Crippen LogP contribution in [0.15, 0.2) is 11.6 Å². The zero-order valence-corrected chi connectivity index (χ0v) is 13.7. The molecule has 0 amide bonds. The van der Waals surface area contributed by atoms with Crippen LogP contribution in [0.5, 0.6) is 0 Å². The molecule has 6 heteroatoms. The Morgan fingerprint density at radius 2 is 2.48 bits per heavy atom. The number of nitrogens with zero attached hydrogens (tertiary/aromatic N) is 3. The zero-order valence-electron chi connectivity index (χ0n) is 12.8. The van der Waals surface area contributed by atoms with Gasteiger partial charge in [-0.3, -0.25) is 4.40 Å². The molecular weight excluding hydrogens is 284 g/mol. The van der Waals surface area contributed by atoms with Crippen LogP contribution in [0.4, 0.5) is 5.82 Å². The van der Waals surface area contributed by atoms with Gasteiger partial charge >= 0.3 is 0 Å². The van der Waals surface area contributed by atoms with Crippen molar-refractivity contribution < 1.29 is 4.74 Å². The summed E-state index contributed by atoms with van der Waals surface area (Å²) in [4.78, 5) is 8.19. The van der Waals surface area contributed by atoms with E-state index in [2.05, 4.69) is 40.2 Å². The van der Waals surface area contributed by atoms with Crippen molar-refractivity contribution in [3.05, 3.63) is 17.3 Å². The van der Waals surface area contributed by atoms with Gasteiger partial charge in [-0.05, 0) is 25.3 Å². The number of fused-ring (bicyclic) bond motifs is 1. The van der Waals surface area contributed by atoms with Crippen LogP contribution in [0.2, 0.25) is 0 Å². The summed E-state index contributed by atoms with van der Waals surface area (Å²) in [6.45, 7) is 6.78. The van der Waals surface area contributed by atoms with Crippen molar-refractivity contribution in [1.29, 1.82) is 0 Å². The highest BCUT2D eigenvalue weighted by atomic mass is 32.1. The Kier molecular flexibility index (Phi) is 4.77. The van der Waals surface area contributed by atoms with Crippen LogP contribution >= 0.6 is 11.3 Å². The van der Waals surface area contributed by atoms with Gasteiger partial charge in [0.25, 0.3) is 0 Å². The lowest BCUT2D eigenvalue weighted by molar-refractivity contribution is 0.0576. The molecule has 0 saturated carbocycles. The maximum absolute atomic E-state index is 5.60. The first-order valence-corrected chi connectivity index (χ1v) is 8.61. The van der Waals surface area contributed by atoms with E-state index in [1.54, 1.807) is 11.3 Å². The zero-order chi connectivity index (χ0) is 14.7. The molecule has 2 aromatic heterocycles. The Labute approximate surface area is 129 Å². The predicted molar refractivity (Wildman–Crippen MR) is 87.3 cm³/mol. The summed E-state index contributed by atoms with van der Waals surface area (Å²) >= 11 is 1.69. The van der Waals surface area contributed by atoms with E-state index in [0.29, 0.717) is 5.92 Å². The molecule has 3 heterocycles. The fourth-order valence-corrected chi connectivity index (χ4v) is 3.69. The van der Waals surface area contributed by atoms with E-state index in [1.807, 2.05) is 0 Å². The molecule has 5 nitrogen and oxygen atoms in total. The summed E-state index contributed by atoms with van der Waals surface area (Å²) < 4.78 is 7.80. The minimum atomic E-state index is 0.621. The Hall–Kier alpha value is -1.11. The minimum absolute atomic E-state index is 0.621. The van der Waals surface area contributed by atoms with Crippen LogP contribution in [0.3, 0.4) is 0 Å². The SMILES string of the molecule is CCNCc1c(N(C)CC2CCCOC2)nc2sccn12. The van der Waals surface area contributed by atoms with Gasteiger partial charge in [0.2, 0.25) is 0 Å². The molecule has 21 heavy (non-hydrogen) atoms. The lowest BCUT2D eigenvalue weighted by Gasteiger charge is -2.27. The fraction of sp³-hybridized carbons (Fsp3) is 0.667. The average molecular weight is 308 g/mol. The maximum atomic E-state index is 5.60. The molecule has 1 unspecified atom stereocenters. The van der Waals surface area contributed by atoms with E-state index in [9.17, 15) is 0 Å². The van der Waals surface area contributed by atoms with E-state index < -0.39 is 0 Å². The topological polar surface area (TPSA) is 41.8 Å². The third-order valence-corrected chi connectivity index (χ3v) is 4.79. The molecule has 1 N–H and O–H groups in total. The summed E-state index contributed by atoms with van der Waals surface area (Å²) in [5, 5.41) is 5.52. The molecule has 0 spiro atoms. The van der Waals surface area contributed by atoms with Gasteiger partial charge < -0.3 is 15.0 Å². The van der Waals surface area contributed by atoms with Gasteiger partial charge in [0.05, 0.1) is 12.3 Å². The van der Waals surface area contributed by atoms with Gasteiger partial charge in [-0.15, -0.1) is 11.3 Å². The van der Waals surface area contributed by atoms with Crippen LogP contribution in [0, 0.1) is 5.92 Å². The third kappa shape index (κ3) is 3.22. The predicted octanol–water partition coefficient (Wildman–Crippen LogP) is 2.37. The number of hydrogen-bond acceptors (Lipinski definition) is 5. The maximum Gasteiger partial charge on any atom is 0.195 e. The van der Waals surface area contributed by atoms with Crippen molar-refractivity contribution in [2.75, 3.05) is 38.3 Å². The summed E-state index contributed by atoms with van der Waals surface area (Å²) in [5.74, 6) is 1.73. The average Bonchev–Trinajstić information content (AvgIpc) is 3.07. The Balaban J connectivity index is 1.78. The van der Waals surface area contributed by atoms with E-state index in [-0.39, 0.29) is 0 Å². The lowest BCUT2D eigenvalue weighted by atomic mass is 10.0. The van der Waals surface area contributed by atoms with Crippen LogP contribution in [-0.2, 0) is 11.3 Å². The summed E-state index contributed by atoms with van der Waals surface area (Å²) in [7, 11) is 2.15. The summed E-state index contributed by atoms with van der Waals surface area (Å²) in [6.07, 6.45) is 4.55. The highest BCUT2D eigenvalue weighted by Gasteiger charge is 2.21. The summed E-state index contributed by atoms with van der Waals surface area (Å²) in [5.41, 5.74) is 1.26. The number of ether oxygens (including phenoxy) is 1. The molecule has 1 saturated heterocycles. The molecule has 0 bridgehead atoms. The molecule has 0 aromatic carbocycles. The number of anilines is 1. The number of hydrogen-bond donors (Lipinski definition) is 1. The van der Waals surface area contributed by atoms with Crippen molar-refractivity contribution >= 4 is 22.1 Å². The lowest BCUT2D eigenvalue weighted by Crippen LogP contribution is -2.32. The highest BCUT2D eigenvalue weighted by Crippen LogP contribution is 2.25. The van der Waals surface area contributed by atoms with E-state index in [1.165, 1.54) is 18.5 Å². The first kappa shape index (κ1) is 14.8. The molecule has 1 atom stereocenters. The minimum Gasteiger partial charge on any atom is -0.381 e. The monoisotopic (exact) mass is 308 g/mol. The second-order valence-electron chi connectivity index (χ2n) is 5.68. The van der Waals surface area contributed by atoms with Gasteiger partial charge in [-0.25, -0.2) is 4.98 Å². The van der Waals surface area contributed by atoms with Crippen molar-refractivity contribution in [2.24, 2.45) is 5.92 Å². The van der Waals surface area contributed by atoms with Gasteiger partial charge in [0.1, 0.15) is 0 Å². The highest BCUT2D eigenvalue weighted by molar-refractivity contribution is 7.15. The molecular formula is C15H24N4OS. The van der Waals surface area contributed by atoms with Gasteiger partial charge in [0.15, 0.2) is 10.8 Å². The molecule has 1 aliphatic heterocycles. The van der Waals surface area contributed by atoms with Gasteiger partial charge in [-0.2, -0.15) is 0 Å².